The Bertz CT molecular complexity index is 728. The van der Waals surface area contributed by atoms with E-state index in [1.165, 1.54) is 0 Å². The first-order chi connectivity index (χ1) is 12.6. The fourth-order valence-corrected chi connectivity index (χ4v) is 3.53. The monoisotopic (exact) mass is 426 g/mol. The standard InChI is InChI=1S/C19H24Cl2N4OS/c1-17(20)9-6-14(12-18(2,21)11-10-17)23-16(27)25-24-15(26)19(13-22)7-4-3-5-8-19/h6,9-12H,3-5,7-8H2,1-2H3,(H,24,26)(H2,23,25,27)/b9-6-,11-10?,14-12+. The summed E-state index contributed by atoms with van der Waals surface area (Å²) < 4.78 is 0. The molecule has 0 heterocycles. The molecule has 0 spiro atoms. The summed E-state index contributed by atoms with van der Waals surface area (Å²) in [5, 5.41) is 12.6. The van der Waals surface area contributed by atoms with Gasteiger partial charge in [0.15, 0.2) is 5.11 Å². The minimum Gasteiger partial charge on any atom is -0.332 e. The van der Waals surface area contributed by atoms with Crippen LogP contribution in [0.5, 0.6) is 0 Å². The molecule has 1 saturated carbocycles. The number of nitrogens with one attached hydrogen (secondary N) is 3. The summed E-state index contributed by atoms with van der Waals surface area (Å²) in [7, 11) is 0. The number of hydrazine groups is 1. The number of carbonyl (C=O) groups excluding carboxylic acids is 1. The molecular formula is C19H24Cl2N4OS. The topological polar surface area (TPSA) is 76.9 Å². The first kappa shape index (κ1) is 21.7. The van der Waals surface area contributed by atoms with E-state index in [4.69, 9.17) is 35.4 Å². The number of allylic oxidation sites excluding steroid dienone is 5. The van der Waals surface area contributed by atoms with Crippen molar-refractivity contribution < 1.29 is 4.79 Å². The van der Waals surface area contributed by atoms with Gasteiger partial charge in [-0.3, -0.25) is 15.6 Å². The van der Waals surface area contributed by atoms with Crippen LogP contribution < -0.4 is 16.2 Å². The van der Waals surface area contributed by atoms with Crippen LogP contribution in [-0.2, 0) is 4.79 Å². The first-order valence-electron chi connectivity index (χ1n) is 8.87. The predicted octanol–water partition coefficient (Wildman–Crippen LogP) is 3.96. The molecule has 0 radical (unpaired) electrons. The largest absolute Gasteiger partial charge is 0.332 e. The maximum atomic E-state index is 12.5. The first-order valence-corrected chi connectivity index (χ1v) is 10.0. The normalized spacial score (nSPS) is 32.6. The highest BCUT2D eigenvalue weighted by Gasteiger charge is 2.39. The third-order valence-corrected chi connectivity index (χ3v) is 5.36. The zero-order valence-corrected chi connectivity index (χ0v) is 17.8. The smallest absolute Gasteiger partial charge is 0.258 e. The van der Waals surface area contributed by atoms with Gasteiger partial charge in [-0.25, -0.2) is 0 Å². The van der Waals surface area contributed by atoms with E-state index in [-0.39, 0.29) is 11.0 Å². The van der Waals surface area contributed by atoms with Crippen molar-refractivity contribution in [2.45, 2.75) is 55.7 Å². The number of carbonyl (C=O) groups is 1. The number of alkyl halides is 2. The van der Waals surface area contributed by atoms with Crippen LogP contribution in [-0.4, -0.2) is 20.8 Å². The second-order valence-corrected chi connectivity index (χ2v) is 9.39. The molecule has 0 saturated heterocycles. The van der Waals surface area contributed by atoms with Crippen LogP contribution in [0.25, 0.3) is 0 Å². The Morgan fingerprint density at radius 2 is 1.74 bits per heavy atom. The molecule has 146 valence electrons. The van der Waals surface area contributed by atoms with E-state index in [0.29, 0.717) is 18.5 Å². The Morgan fingerprint density at radius 3 is 2.37 bits per heavy atom. The lowest BCUT2D eigenvalue weighted by atomic mass is 9.75. The number of halogens is 2. The lowest BCUT2D eigenvalue weighted by molar-refractivity contribution is -0.130. The van der Waals surface area contributed by atoms with Crippen molar-refractivity contribution in [3.05, 3.63) is 36.1 Å². The molecule has 8 heteroatoms. The van der Waals surface area contributed by atoms with E-state index in [2.05, 4.69) is 22.2 Å². The molecule has 0 aliphatic heterocycles. The molecule has 0 aromatic heterocycles. The van der Waals surface area contributed by atoms with Crippen LogP contribution in [0, 0.1) is 16.7 Å². The molecule has 3 N–H and O–H groups in total. The molecule has 2 unspecified atom stereocenters. The molecule has 0 bridgehead atoms. The van der Waals surface area contributed by atoms with Crippen LogP contribution in [0.2, 0.25) is 0 Å². The van der Waals surface area contributed by atoms with Gasteiger partial charge in [-0.05, 0) is 51.1 Å². The average Bonchev–Trinajstić information content (AvgIpc) is 2.62. The molecule has 1 amide bonds. The molecule has 5 nitrogen and oxygen atoms in total. The molecule has 0 aromatic carbocycles. The van der Waals surface area contributed by atoms with Gasteiger partial charge in [0, 0.05) is 5.70 Å². The van der Waals surface area contributed by atoms with E-state index in [0.717, 1.165) is 19.3 Å². The maximum Gasteiger partial charge on any atom is 0.258 e. The number of thiocarbonyl (C=S) groups is 1. The second kappa shape index (κ2) is 8.64. The molecule has 1 fully saturated rings. The van der Waals surface area contributed by atoms with Crippen LogP contribution >= 0.6 is 35.4 Å². The van der Waals surface area contributed by atoms with E-state index in [1.807, 2.05) is 32.1 Å². The molecule has 0 aromatic rings. The predicted molar refractivity (Wildman–Crippen MR) is 113 cm³/mol. The Balaban J connectivity index is 1.99. The minimum absolute atomic E-state index is 0.191. The zero-order chi connectivity index (χ0) is 20.1. The number of nitriles is 1. The zero-order valence-electron chi connectivity index (χ0n) is 15.4. The molecule has 2 rings (SSSR count). The fourth-order valence-electron chi connectivity index (χ4n) is 3.05. The molecule has 27 heavy (non-hydrogen) atoms. The van der Waals surface area contributed by atoms with Gasteiger partial charge in [0.05, 0.1) is 15.8 Å². The maximum absolute atomic E-state index is 12.5. The Morgan fingerprint density at radius 1 is 1.11 bits per heavy atom. The van der Waals surface area contributed by atoms with Crippen LogP contribution in [0.4, 0.5) is 0 Å². The van der Waals surface area contributed by atoms with Crippen molar-refractivity contribution >= 4 is 46.4 Å². The number of amides is 1. The summed E-state index contributed by atoms with van der Waals surface area (Å²) in [5.41, 5.74) is 4.89. The highest BCUT2D eigenvalue weighted by atomic mass is 35.5. The van der Waals surface area contributed by atoms with Crippen molar-refractivity contribution in [2.75, 3.05) is 0 Å². The lowest BCUT2D eigenvalue weighted by Crippen LogP contribution is -2.52. The second-order valence-electron chi connectivity index (χ2n) is 7.36. The number of hydrogen-bond donors (Lipinski definition) is 3. The van der Waals surface area contributed by atoms with Gasteiger partial charge in [0.25, 0.3) is 5.91 Å². The van der Waals surface area contributed by atoms with Crippen molar-refractivity contribution in [1.82, 2.24) is 16.2 Å². The van der Waals surface area contributed by atoms with Crippen molar-refractivity contribution in [1.29, 1.82) is 5.26 Å². The van der Waals surface area contributed by atoms with Crippen LogP contribution in [0.1, 0.15) is 46.0 Å². The molecule has 2 aliphatic carbocycles. The Labute approximate surface area is 175 Å². The van der Waals surface area contributed by atoms with Crippen molar-refractivity contribution in [3.8, 4) is 6.07 Å². The molecular weight excluding hydrogens is 403 g/mol. The van der Waals surface area contributed by atoms with Gasteiger partial charge < -0.3 is 5.32 Å². The number of hydrogen-bond acceptors (Lipinski definition) is 3. The number of rotatable bonds is 2. The van der Waals surface area contributed by atoms with E-state index in [9.17, 15) is 10.1 Å². The van der Waals surface area contributed by atoms with E-state index < -0.39 is 15.2 Å². The summed E-state index contributed by atoms with van der Waals surface area (Å²) in [6, 6.07) is 2.18. The van der Waals surface area contributed by atoms with Gasteiger partial charge in [0.2, 0.25) is 0 Å². The fraction of sp³-hybridized carbons (Fsp3) is 0.526. The summed E-state index contributed by atoms with van der Waals surface area (Å²) in [4.78, 5) is 11.1. The third-order valence-electron chi connectivity index (χ3n) is 4.66. The Hall–Kier alpha value is -1.55. The van der Waals surface area contributed by atoms with Gasteiger partial charge in [-0.1, -0.05) is 37.5 Å². The highest BCUT2D eigenvalue weighted by Crippen LogP contribution is 2.35. The van der Waals surface area contributed by atoms with Gasteiger partial charge in [0.1, 0.15) is 5.41 Å². The van der Waals surface area contributed by atoms with Gasteiger partial charge in [-0.15, -0.1) is 23.2 Å². The summed E-state index contributed by atoms with van der Waals surface area (Å²) in [6.07, 6.45) is 13.0. The summed E-state index contributed by atoms with van der Waals surface area (Å²) >= 11 is 18.1. The Kier molecular flexibility index (Phi) is 6.96. The quantitative estimate of drug-likeness (QED) is 0.269. The molecule has 2 aliphatic rings. The summed E-state index contributed by atoms with van der Waals surface area (Å²) in [5.74, 6) is -0.352. The lowest BCUT2D eigenvalue weighted by Gasteiger charge is -2.29. The van der Waals surface area contributed by atoms with Gasteiger partial charge >= 0.3 is 0 Å². The highest BCUT2D eigenvalue weighted by molar-refractivity contribution is 7.80. The van der Waals surface area contributed by atoms with Crippen LogP contribution in [0.3, 0.4) is 0 Å². The van der Waals surface area contributed by atoms with Crippen LogP contribution in [0.15, 0.2) is 36.1 Å². The summed E-state index contributed by atoms with van der Waals surface area (Å²) in [6.45, 7) is 3.68. The SMILES string of the molecule is CC1(Cl)C=CC(C)(Cl)/C=C(NC(=S)NNC(=O)C2(C#N)CCCCC2)\C=C/1. The number of nitrogens with zero attached hydrogens (tertiary/aromatic N) is 1. The van der Waals surface area contributed by atoms with Gasteiger partial charge in [-0.2, -0.15) is 5.26 Å². The van der Waals surface area contributed by atoms with E-state index in [1.54, 1.807) is 12.2 Å². The van der Waals surface area contributed by atoms with E-state index >= 15 is 0 Å². The average molecular weight is 427 g/mol. The van der Waals surface area contributed by atoms with Crippen molar-refractivity contribution in [2.24, 2.45) is 5.41 Å². The molecule has 2 atom stereocenters. The minimum atomic E-state index is -0.986. The third kappa shape index (κ3) is 6.24. The van der Waals surface area contributed by atoms with Crippen molar-refractivity contribution in [3.63, 3.8) is 0 Å².